The maximum absolute atomic E-state index is 14.2. The zero-order chi connectivity index (χ0) is 23.5. The third-order valence-electron chi connectivity index (χ3n) is 4.44. The molecule has 0 bridgehead atoms. The van der Waals surface area contributed by atoms with Crippen LogP contribution in [0.1, 0.15) is 17.0 Å². The quantitative estimate of drug-likeness (QED) is 0.393. The summed E-state index contributed by atoms with van der Waals surface area (Å²) in [4.78, 5) is 24.6. The van der Waals surface area contributed by atoms with Crippen molar-refractivity contribution in [1.29, 1.82) is 0 Å². The molecule has 2 aromatic carbocycles. The molecule has 0 amide bonds. The number of ether oxygens (including phenoxy) is 2. The molecule has 9 nitrogen and oxygen atoms in total. The highest BCUT2D eigenvalue weighted by molar-refractivity contribution is 5.30. The third-order valence-corrected chi connectivity index (χ3v) is 4.44. The lowest BCUT2D eigenvalue weighted by atomic mass is 10.2. The van der Waals surface area contributed by atoms with Crippen molar-refractivity contribution < 1.29 is 22.6 Å². The highest BCUT2D eigenvalue weighted by atomic mass is 19.2. The number of nitrogens with zero attached hydrogens (tertiary/aromatic N) is 6. The number of benzene rings is 2. The van der Waals surface area contributed by atoms with Crippen LogP contribution < -0.4 is 15.2 Å². The molecule has 2 aromatic heterocycles. The van der Waals surface area contributed by atoms with Gasteiger partial charge >= 0.3 is 17.7 Å². The van der Waals surface area contributed by atoms with Gasteiger partial charge in [-0.05, 0) is 30.7 Å². The van der Waals surface area contributed by atoms with Gasteiger partial charge in [-0.15, -0.1) is 9.97 Å². The van der Waals surface area contributed by atoms with Crippen LogP contribution in [0.2, 0.25) is 0 Å². The van der Waals surface area contributed by atoms with Crippen molar-refractivity contribution in [1.82, 2.24) is 29.3 Å². The fraction of sp³-hybridized carbons (Fsp3) is 0.190. The average molecular weight is 458 g/mol. The summed E-state index contributed by atoms with van der Waals surface area (Å²) in [5.74, 6) is -2.98. The van der Waals surface area contributed by atoms with Crippen LogP contribution in [-0.4, -0.2) is 29.3 Å². The van der Waals surface area contributed by atoms with E-state index in [2.05, 4.69) is 20.1 Å². The Bertz CT molecular complexity index is 1370. The number of hydrogen-bond acceptors (Lipinski definition) is 7. The molecule has 0 aliphatic rings. The molecule has 0 aliphatic heterocycles. The monoisotopic (exact) mass is 458 g/mol. The Morgan fingerprint density at radius 1 is 1.03 bits per heavy atom. The number of halogens is 3. The Morgan fingerprint density at radius 3 is 2.55 bits per heavy atom. The second kappa shape index (κ2) is 9.10. The molecule has 0 radical (unpaired) electrons. The van der Waals surface area contributed by atoms with Crippen LogP contribution in [0.5, 0.6) is 17.8 Å². The molecule has 0 saturated heterocycles. The molecule has 2 heterocycles. The highest BCUT2D eigenvalue weighted by Crippen LogP contribution is 2.23. The summed E-state index contributed by atoms with van der Waals surface area (Å²) in [6, 6.07) is 7.33. The molecule has 0 fully saturated rings. The Kier molecular flexibility index (Phi) is 6.07. The molecular weight excluding hydrogens is 441 g/mol. The number of hydrogen-bond donors (Lipinski definition) is 0. The van der Waals surface area contributed by atoms with Crippen LogP contribution >= 0.6 is 0 Å². The smallest absolute Gasteiger partial charge is 0.356 e. The number of aryl methyl sites for hydroxylation is 2. The van der Waals surface area contributed by atoms with Crippen molar-refractivity contribution in [3.8, 4) is 17.8 Å². The SMILES string of the molecule is Cc1cccc(Oc2nc(OCc3ncn(C)n3)nc(=O)n2Cc2cc(F)c(F)cc2F)c1. The number of aromatic nitrogens is 6. The molecule has 4 rings (SSSR count). The minimum absolute atomic E-state index is 0.119. The first-order valence-electron chi connectivity index (χ1n) is 9.62. The van der Waals surface area contributed by atoms with Crippen LogP contribution in [0, 0.1) is 24.4 Å². The molecule has 0 atom stereocenters. The van der Waals surface area contributed by atoms with Gasteiger partial charge in [0, 0.05) is 18.7 Å². The van der Waals surface area contributed by atoms with Crippen LogP contribution in [0.25, 0.3) is 0 Å². The zero-order valence-electron chi connectivity index (χ0n) is 17.5. The predicted octanol–water partition coefficient (Wildman–Crippen LogP) is 2.91. The molecule has 12 heteroatoms. The molecule has 0 unspecified atom stereocenters. The summed E-state index contributed by atoms with van der Waals surface area (Å²) < 4.78 is 54.7. The van der Waals surface area contributed by atoms with Gasteiger partial charge in [-0.2, -0.15) is 5.10 Å². The summed E-state index contributed by atoms with van der Waals surface area (Å²) in [6.07, 6.45) is 1.47. The van der Waals surface area contributed by atoms with E-state index in [0.717, 1.165) is 10.1 Å². The van der Waals surface area contributed by atoms with Crippen LogP contribution in [0.3, 0.4) is 0 Å². The fourth-order valence-electron chi connectivity index (χ4n) is 2.89. The Labute approximate surface area is 185 Å². The van der Waals surface area contributed by atoms with Gasteiger partial charge in [0.25, 0.3) is 0 Å². The van der Waals surface area contributed by atoms with E-state index < -0.39 is 29.7 Å². The lowest BCUT2D eigenvalue weighted by Gasteiger charge is -2.14. The number of rotatable bonds is 7. The molecule has 0 aliphatic carbocycles. The second-order valence-electron chi connectivity index (χ2n) is 7.06. The minimum Gasteiger partial charge on any atom is -0.455 e. The fourth-order valence-corrected chi connectivity index (χ4v) is 2.89. The highest BCUT2D eigenvalue weighted by Gasteiger charge is 2.18. The van der Waals surface area contributed by atoms with Gasteiger partial charge in [-0.25, -0.2) is 27.5 Å². The second-order valence-corrected chi connectivity index (χ2v) is 7.06. The van der Waals surface area contributed by atoms with E-state index in [1.165, 1.54) is 11.0 Å². The topological polar surface area (TPSA) is 97.0 Å². The molecule has 0 N–H and O–H groups in total. The lowest BCUT2D eigenvalue weighted by molar-refractivity contribution is 0.259. The largest absolute Gasteiger partial charge is 0.455 e. The van der Waals surface area contributed by atoms with E-state index >= 15 is 0 Å². The third kappa shape index (κ3) is 5.17. The average Bonchev–Trinajstić information content (AvgIpc) is 3.18. The lowest BCUT2D eigenvalue weighted by Crippen LogP contribution is -2.27. The van der Waals surface area contributed by atoms with E-state index in [0.29, 0.717) is 23.7 Å². The summed E-state index contributed by atoms with van der Waals surface area (Å²) in [5.41, 5.74) is -0.319. The Balaban J connectivity index is 1.70. The van der Waals surface area contributed by atoms with E-state index in [-0.39, 0.29) is 24.2 Å². The van der Waals surface area contributed by atoms with Crippen LogP contribution in [0.4, 0.5) is 13.2 Å². The molecule has 0 saturated carbocycles. The first-order valence-corrected chi connectivity index (χ1v) is 9.62. The normalized spacial score (nSPS) is 10.9. The molecular formula is C21H17F3N6O3. The summed E-state index contributed by atoms with van der Waals surface area (Å²) in [6.45, 7) is 1.21. The van der Waals surface area contributed by atoms with Crippen molar-refractivity contribution in [3.05, 3.63) is 87.6 Å². The maximum atomic E-state index is 14.2. The summed E-state index contributed by atoms with van der Waals surface area (Å²) in [5, 5.41) is 4.05. The molecule has 170 valence electrons. The van der Waals surface area contributed by atoms with Gasteiger partial charge in [0.05, 0.1) is 6.54 Å². The van der Waals surface area contributed by atoms with Crippen molar-refractivity contribution in [3.63, 3.8) is 0 Å². The molecule has 4 aromatic rings. The van der Waals surface area contributed by atoms with Gasteiger partial charge in [0.15, 0.2) is 24.1 Å². The first kappa shape index (κ1) is 22.0. The zero-order valence-corrected chi connectivity index (χ0v) is 17.5. The Morgan fingerprint density at radius 2 is 1.82 bits per heavy atom. The Hall–Kier alpha value is -4.22. The van der Waals surface area contributed by atoms with Crippen molar-refractivity contribution in [2.75, 3.05) is 0 Å². The van der Waals surface area contributed by atoms with Gasteiger partial charge in [-0.3, -0.25) is 4.68 Å². The summed E-state index contributed by atoms with van der Waals surface area (Å²) >= 11 is 0. The molecule has 33 heavy (non-hydrogen) atoms. The molecule has 0 spiro atoms. The maximum Gasteiger partial charge on any atom is 0.356 e. The van der Waals surface area contributed by atoms with Crippen LogP contribution in [-0.2, 0) is 20.2 Å². The van der Waals surface area contributed by atoms with Gasteiger partial charge in [0.1, 0.15) is 17.9 Å². The first-order chi connectivity index (χ1) is 15.8. The summed E-state index contributed by atoms with van der Waals surface area (Å²) in [7, 11) is 1.68. The standard InChI is InChI=1S/C21H17F3N6O3/c1-12-4-3-5-14(6-12)33-21-27-19(32-10-18-25-11-29(2)28-18)26-20(31)30(21)9-13-7-16(23)17(24)8-15(13)22/h3-8,11H,9-10H2,1-2H3. The van der Waals surface area contributed by atoms with E-state index in [1.54, 1.807) is 25.2 Å². The van der Waals surface area contributed by atoms with Crippen LogP contribution in [0.15, 0.2) is 47.5 Å². The predicted molar refractivity (Wildman–Crippen MR) is 108 cm³/mol. The van der Waals surface area contributed by atoms with Gasteiger partial charge in [-0.1, -0.05) is 12.1 Å². The van der Waals surface area contributed by atoms with E-state index in [4.69, 9.17) is 9.47 Å². The van der Waals surface area contributed by atoms with Crippen molar-refractivity contribution in [2.24, 2.45) is 7.05 Å². The van der Waals surface area contributed by atoms with Crippen molar-refractivity contribution >= 4 is 0 Å². The minimum atomic E-state index is -1.34. The van der Waals surface area contributed by atoms with Crippen molar-refractivity contribution in [2.45, 2.75) is 20.1 Å². The van der Waals surface area contributed by atoms with E-state index in [1.807, 2.05) is 13.0 Å². The van der Waals surface area contributed by atoms with Gasteiger partial charge < -0.3 is 9.47 Å². The van der Waals surface area contributed by atoms with E-state index in [9.17, 15) is 18.0 Å². The van der Waals surface area contributed by atoms with Gasteiger partial charge in [0.2, 0.25) is 0 Å².